The molecule has 0 aliphatic rings. The van der Waals surface area contributed by atoms with Crippen LogP contribution in [0.3, 0.4) is 0 Å². The Morgan fingerprint density at radius 2 is 1.91 bits per heavy atom. The van der Waals surface area contributed by atoms with Crippen molar-refractivity contribution in [3.63, 3.8) is 0 Å². The van der Waals surface area contributed by atoms with Crippen molar-refractivity contribution in [1.29, 1.82) is 0 Å². The van der Waals surface area contributed by atoms with E-state index >= 15 is 0 Å². The third-order valence-corrected chi connectivity index (χ3v) is 7.59. The number of aryl methyl sites for hydroxylation is 1. The van der Waals surface area contributed by atoms with Gasteiger partial charge in [-0.25, -0.2) is 14.4 Å². The molecule has 0 radical (unpaired) electrons. The lowest BCUT2D eigenvalue weighted by Gasteiger charge is -2.21. The summed E-state index contributed by atoms with van der Waals surface area (Å²) >= 11 is 0. The van der Waals surface area contributed by atoms with Gasteiger partial charge in [0.2, 0.25) is 5.82 Å². The summed E-state index contributed by atoms with van der Waals surface area (Å²) in [6.07, 6.45) is 6.30. The van der Waals surface area contributed by atoms with E-state index in [-0.39, 0.29) is 11.3 Å². The summed E-state index contributed by atoms with van der Waals surface area (Å²) < 4.78 is 50.9. The fraction of sp³-hybridized carbons (Fsp3) is 0.182. The van der Waals surface area contributed by atoms with Crippen LogP contribution in [-0.2, 0) is 10.1 Å². The van der Waals surface area contributed by atoms with E-state index in [9.17, 15) is 13.0 Å². The molecule has 2 aromatic heterocycles. The Morgan fingerprint density at radius 3 is 2.59 bits per heavy atom. The minimum Gasteiger partial charge on any atom is -0.494 e. The first-order valence-corrected chi connectivity index (χ1v) is 11.9. The summed E-state index contributed by atoms with van der Waals surface area (Å²) in [5.41, 5.74) is 2.46. The lowest BCUT2D eigenvalue weighted by Crippen LogP contribution is -2.26. The molecule has 0 aliphatic carbocycles. The molecular formula is C22H23F2N5O2S. The Hall–Kier alpha value is -3.37. The Labute approximate surface area is 185 Å². The monoisotopic (exact) mass is 459 g/mol. The number of benzene rings is 2. The summed E-state index contributed by atoms with van der Waals surface area (Å²) in [6, 6.07) is 8.30. The number of fused-ring (bicyclic) bond motifs is 1. The molecule has 4 rings (SSSR count). The number of methoxy groups -OCH3 is 1. The molecule has 0 aliphatic heterocycles. The van der Waals surface area contributed by atoms with Crippen LogP contribution in [0.25, 0.3) is 16.9 Å². The Bertz CT molecular complexity index is 1370. The van der Waals surface area contributed by atoms with Crippen LogP contribution >= 0.6 is 0 Å². The van der Waals surface area contributed by atoms with Crippen molar-refractivity contribution in [3.05, 3.63) is 66.1 Å². The Kier molecular flexibility index (Phi) is 5.66. The summed E-state index contributed by atoms with van der Waals surface area (Å²) in [4.78, 5) is 9.45. The average Bonchev–Trinajstić information content (AvgIpc) is 3.20. The van der Waals surface area contributed by atoms with E-state index in [1.165, 1.54) is 25.4 Å². The van der Waals surface area contributed by atoms with Gasteiger partial charge in [0.25, 0.3) is 0 Å². The molecule has 2 heterocycles. The highest BCUT2D eigenvalue weighted by Crippen LogP contribution is 2.32. The summed E-state index contributed by atoms with van der Waals surface area (Å²) in [6.45, 7) is 1.89. The Balaban J connectivity index is 1.73. The number of ether oxygens (including phenoxy) is 1. The van der Waals surface area contributed by atoms with Gasteiger partial charge in [0, 0.05) is 34.8 Å². The van der Waals surface area contributed by atoms with Gasteiger partial charge in [-0.3, -0.25) is 13.3 Å². The normalized spacial score (nSPS) is 12.2. The summed E-state index contributed by atoms with van der Waals surface area (Å²) in [5.74, 6) is -1.80. The fourth-order valence-electron chi connectivity index (χ4n) is 3.56. The van der Waals surface area contributed by atoms with Gasteiger partial charge in [0.05, 0.1) is 19.0 Å². The molecular weight excluding hydrogens is 436 g/mol. The number of nitrogens with zero attached hydrogens (tertiary/aromatic N) is 3. The van der Waals surface area contributed by atoms with Crippen molar-refractivity contribution in [2.24, 2.45) is 0 Å². The first-order valence-electron chi connectivity index (χ1n) is 9.76. The highest BCUT2D eigenvalue weighted by atomic mass is 32.3. The van der Waals surface area contributed by atoms with Gasteiger partial charge in [0.1, 0.15) is 0 Å². The number of thiol groups is 1. The molecule has 10 heteroatoms. The molecule has 4 aromatic rings. The molecule has 2 N–H and O–H groups in total. The Morgan fingerprint density at radius 1 is 1.12 bits per heavy atom. The standard InChI is InChI=1S/C22H23F2N5O2S/c1-13-11-14(5-8-18(13)32(4,30)25-2)28-21-22-27-12-16(29(22)10-9-26-21)15-6-7-17(31-3)20(24)19(15)23/h5-12,32H,1-4H3,(H,25,30)(H,26,28). The van der Waals surface area contributed by atoms with E-state index < -0.39 is 21.8 Å². The molecule has 0 unspecified atom stereocenters. The van der Waals surface area contributed by atoms with Crippen molar-refractivity contribution < 1.29 is 17.7 Å². The van der Waals surface area contributed by atoms with Crippen LogP contribution in [0.5, 0.6) is 5.75 Å². The van der Waals surface area contributed by atoms with Crippen LogP contribution < -0.4 is 14.8 Å². The summed E-state index contributed by atoms with van der Waals surface area (Å²) in [5, 5.41) is 3.20. The van der Waals surface area contributed by atoms with Crippen LogP contribution in [0.1, 0.15) is 5.56 Å². The lowest BCUT2D eigenvalue weighted by molar-refractivity contribution is 0.372. The van der Waals surface area contributed by atoms with Gasteiger partial charge in [0.15, 0.2) is 23.0 Å². The van der Waals surface area contributed by atoms with Crippen LogP contribution in [0.4, 0.5) is 20.3 Å². The zero-order chi connectivity index (χ0) is 23.0. The van der Waals surface area contributed by atoms with E-state index in [0.717, 1.165) is 16.1 Å². The molecule has 0 atom stereocenters. The van der Waals surface area contributed by atoms with Crippen molar-refractivity contribution in [1.82, 2.24) is 19.1 Å². The van der Waals surface area contributed by atoms with Gasteiger partial charge in [-0.15, -0.1) is 0 Å². The zero-order valence-corrected chi connectivity index (χ0v) is 18.9. The topological polar surface area (TPSA) is 80.6 Å². The number of imidazole rings is 1. The average molecular weight is 460 g/mol. The molecule has 0 amide bonds. The van der Waals surface area contributed by atoms with Crippen LogP contribution in [-0.4, -0.2) is 39.0 Å². The quantitative estimate of drug-likeness (QED) is 0.382. The first kappa shape index (κ1) is 21.8. The van der Waals surface area contributed by atoms with Gasteiger partial charge in [-0.2, -0.15) is 4.39 Å². The molecule has 168 valence electrons. The largest absolute Gasteiger partial charge is 0.494 e. The van der Waals surface area contributed by atoms with Crippen molar-refractivity contribution >= 4 is 27.3 Å². The van der Waals surface area contributed by atoms with Crippen molar-refractivity contribution in [3.8, 4) is 17.0 Å². The highest BCUT2D eigenvalue weighted by molar-refractivity contribution is 8.00. The molecule has 2 aromatic carbocycles. The first-order chi connectivity index (χ1) is 15.3. The molecule has 0 saturated heterocycles. The second-order valence-corrected chi connectivity index (χ2v) is 10.1. The van der Waals surface area contributed by atoms with Crippen LogP contribution in [0.15, 0.2) is 53.8 Å². The third-order valence-electron chi connectivity index (χ3n) is 5.32. The van der Waals surface area contributed by atoms with Gasteiger partial charge < -0.3 is 10.1 Å². The van der Waals surface area contributed by atoms with Crippen LogP contribution in [0, 0.1) is 18.6 Å². The van der Waals surface area contributed by atoms with Crippen molar-refractivity contribution in [2.45, 2.75) is 11.8 Å². The lowest BCUT2D eigenvalue weighted by atomic mass is 10.1. The zero-order valence-electron chi connectivity index (χ0n) is 18.0. The molecule has 0 saturated carbocycles. The maximum absolute atomic E-state index is 14.6. The smallest absolute Gasteiger partial charge is 0.201 e. The number of rotatable bonds is 6. The minimum atomic E-state index is -2.64. The molecule has 0 spiro atoms. The summed E-state index contributed by atoms with van der Waals surface area (Å²) in [7, 11) is 0.315. The van der Waals surface area contributed by atoms with Gasteiger partial charge >= 0.3 is 0 Å². The maximum Gasteiger partial charge on any atom is 0.201 e. The number of hydrogen-bond acceptors (Lipinski definition) is 5. The molecule has 0 fully saturated rings. The SMILES string of the molecule is CN[SH](C)(=O)c1ccc(Nc2nccn3c(-c4ccc(OC)c(F)c4F)cnc23)cc1C. The predicted molar refractivity (Wildman–Crippen MR) is 122 cm³/mol. The maximum atomic E-state index is 14.6. The van der Waals surface area contributed by atoms with Gasteiger partial charge in [-0.1, -0.05) is 0 Å². The number of halogens is 2. The minimum absolute atomic E-state index is 0.0545. The number of anilines is 2. The second-order valence-electron chi connectivity index (χ2n) is 7.33. The van der Waals surface area contributed by atoms with E-state index in [1.807, 2.05) is 25.1 Å². The van der Waals surface area contributed by atoms with E-state index in [0.29, 0.717) is 17.2 Å². The third kappa shape index (κ3) is 3.71. The van der Waals surface area contributed by atoms with Gasteiger partial charge in [-0.05, 0) is 60.0 Å². The highest BCUT2D eigenvalue weighted by Gasteiger charge is 2.19. The number of nitrogens with one attached hydrogen (secondary N) is 2. The fourth-order valence-corrected chi connectivity index (χ4v) is 4.90. The molecule has 32 heavy (non-hydrogen) atoms. The van der Waals surface area contributed by atoms with E-state index in [2.05, 4.69) is 20.0 Å². The molecule has 0 bridgehead atoms. The molecule has 7 nitrogen and oxygen atoms in total. The van der Waals surface area contributed by atoms with Crippen LogP contribution in [0.2, 0.25) is 0 Å². The predicted octanol–water partition coefficient (Wildman–Crippen LogP) is 3.87. The number of hydrogen-bond donors (Lipinski definition) is 3. The van der Waals surface area contributed by atoms with Crippen molar-refractivity contribution in [2.75, 3.05) is 25.7 Å². The van der Waals surface area contributed by atoms with E-state index in [4.69, 9.17) is 4.74 Å². The van der Waals surface area contributed by atoms with E-state index in [1.54, 1.807) is 30.1 Å². The number of aromatic nitrogens is 3. The second kappa shape index (κ2) is 8.29.